The topological polar surface area (TPSA) is 40.6 Å². The van der Waals surface area contributed by atoms with Crippen molar-refractivity contribution in [2.24, 2.45) is 0 Å². The molecule has 0 aliphatic carbocycles. The van der Waals surface area contributed by atoms with Crippen LogP contribution in [-0.2, 0) is 4.79 Å². The lowest BCUT2D eigenvalue weighted by Crippen LogP contribution is -2.50. The molecule has 0 radical (unpaired) electrons. The van der Waals surface area contributed by atoms with E-state index in [1.54, 1.807) is 11.8 Å². The molecule has 2 aromatic carbocycles. The van der Waals surface area contributed by atoms with Crippen LogP contribution in [0.25, 0.3) is 0 Å². The van der Waals surface area contributed by atoms with Gasteiger partial charge in [0.1, 0.15) is 0 Å². The summed E-state index contributed by atoms with van der Waals surface area (Å²) in [4.78, 5) is 29.8. The lowest BCUT2D eigenvalue weighted by Gasteiger charge is -2.35. The van der Waals surface area contributed by atoms with Gasteiger partial charge in [0.15, 0.2) is 0 Å². The fourth-order valence-electron chi connectivity index (χ4n) is 2.97. The SMILES string of the molecule is Cc1ccc(SCCC(=O)N2CCN(C(=O)c3ccccc3)CC2)cc1. The van der Waals surface area contributed by atoms with Gasteiger partial charge in [0.05, 0.1) is 0 Å². The van der Waals surface area contributed by atoms with Crippen LogP contribution in [-0.4, -0.2) is 53.5 Å². The largest absolute Gasteiger partial charge is 0.339 e. The Labute approximate surface area is 159 Å². The Balaban J connectivity index is 1.42. The highest BCUT2D eigenvalue weighted by molar-refractivity contribution is 7.99. The van der Waals surface area contributed by atoms with E-state index in [1.807, 2.05) is 40.1 Å². The fraction of sp³-hybridized carbons (Fsp3) is 0.333. The maximum atomic E-state index is 12.4. The Morgan fingerprint density at radius 3 is 2.15 bits per heavy atom. The first-order valence-electron chi connectivity index (χ1n) is 8.95. The molecule has 136 valence electrons. The van der Waals surface area contributed by atoms with Gasteiger partial charge in [-0.05, 0) is 31.2 Å². The van der Waals surface area contributed by atoms with Crippen molar-refractivity contribution >= 4 is 23.6 Å². The van der Waals surface area contributed by atoms with Crippen LogP contribution in [0.3, 0.4) is 0 Å². The van der Waals surface area contributed by atoms with Gasteiger partial charge in [0, 0.05) is 48.8 Å². The number of thioether (sulfide) groups is 1. The van der Waals surface area contributed by atoms with Crippen molar-refractivity contribution < 1.29 is 9.59 Å². The smallest absolute Gasteiger partial charge is 0.253 e. The number of carbonyl (C=O) groups is 2. The maximum Gasteiger partial charge on any atom is 0.253 e. The summed E-state index contributed by atoms with van der Waals surface area (Å²) in [5, 5.41) is 0. The van der Waals surface area contributed by atoms with Gasteiger partial charge in [-0.2, -0.15) is 0 Å². The van der Waals surface area contributed by atoms with Crippen molar-refractivity contribution in [3.8, 4) is 0 Å². The van der Waals surface area contributed by atoms with Crippen molar-refractivity contribution in [1.29, 1.82) is 0 Å². The Bertz CT molecular complexity index is 738. The Hall–Kier alpha value is -2.27. The Morgan fingerprint density at radius 2 is 1.50 bits per heavy atom. The van der Waals surface area contributed by atoms with Crippen LogP contribution in [0.1, 0.15) is 22.3 Å². The molecular formula is C21H24N2O2S. The number of benzene rings is 2. The Morgan fingerprint density at radius 1 is 0.885 bits per heavy atom. The molecule has 1 saturated heterocycles. The van der Waals surface area contributed by atoms with Crippen molar-refractivity contribution in [3.05, 3.63) is 65.7 Å². The third kappa shape index (κ3) is 4.88. The monoisotopic (exact) mass is 368 g/mol. The molecule has 0 aromatic heterocycles. The molecule has 0 spiro atoms. The van der Waals surface area contributed by atoms with E-state index in [2.05, 4.69) is 31.2 Å². The highest BCUT2D eigenvalue weighted by atomic mass is 32.2. The van der Waals surface area contributed by atoms with Crippen LogP contribution in [0.5, 0.6) is 0 Å². The minimum atomic E-state index is 0.0487. The summed E-state index contributed by atoms with van der Waals surface area (Å²) < 4.78 is 0. The molecule has 0 bridgehead atoms. The van der Waals surface area contributed by atoms with Crippen LogP contribution in [0.4, 0.5) is 0 Å². The molecule has 2 aromatic rings. The molecule has 5 heteroatoms. The molecule has 0 saturated carbocycles. The molecule has 1 heterocycles. The van der Waals surface area contributed by atoms with Gasteiger partial charge in [-0.15, -0.1) is 11.8 Å². The quantitative estimate of drug-likeness (QED) is 0.759. The van der Waals surface area contributed by atoms with Crippen LogP contribution < -0.4 is 0 Å². The first-order valence-corrected chi connectivity index (χ1v) is 9.93. The van der Waals surface area contributed by atoms with E-state index in [0.29, 0.717) is 38.2 Å². The summed E-state index contributed by atoms with van der Waals surface area (Å²) in [5.74, 6) is 1.01. The molecule has 2 amide bonds. The number of carbonyl (C=O) groups excluding carboxylic acids is 2. The van der Waals surface area contributed by atoms with E-state index in [-0.39, 0.29) is 11.8 Å². The second kappa shape index (κ2) is 8.90. The lowest BCUT2D eigenvalue weighted by molar-refractivity contribution is -0.132. The van der Waals surface area contributed by atoms with Crippen LogP contribution in [0.15, 0.2) is 59.5 Å². The molecule has 1 aliphatic heterocycles. The van der Waals surface area contributed by atoms with E-state index < -0.39 is 0 Å². The third-order valence-corrected chi connectivity index (χ3v) is 5.56. The molecule has 3 rings (SSSR count). The first-order chi connectivity index (χ1) is 12.6. The van der Waals surface area contributed by atoms with Gasteiger partial charge in [-0.3, -0.25) is 9.59 Å². The molecule has 0 N–H and O–H groups in total. The number of rotatable bonds is 5. The molecule has 0 atom stereocenters. The minimum Gasteiger partial charge on any atom is -0.339 e. The molecule has 1 aliphatic rings. The molecule has 0 unspecified atom stereocenters. The highest BCUT2D eigenvalue weighted by Gasteiger charge is 2.24. The van der Waals surface area contributed by atoms with Gasteiger partial charge in [0.2, 0.25) is 5.91 Å². The third-order valence-electron chi connectivity index (χ3n) is 4.55. The normalized spacial score (nSPS) is 14.3. The van der Waals surface area contributed by atoms with Crippen molar-refractivity contribution in [2.75, 3.05) is 31.9 Å². The second-order valence-corrected chi connectivity index (χ2v) is 7.62. The molecule has 4 nitrogen and oxygen atoms in total. The number of aryl methyl sites for hydroxylation is 1. The lowest BCUT2D eigenvalue weighted by atomic mass is 10.2. The van der Waals surface area contributed by atoms with Crippen LogP contribution in [0, 0.1) is 6.92 Å². The van der Waals surface area contributed by atoms with E-state index in [1.165, 1.54) is 10.5 Å². The zero-order valence-corrected chi connectivity index (χ0v) is 15.9. The highest BCUT2D eigenvalue weighted by Crippen LogP contribution is 2.19. The zero-order chi connectivity index (χ0) is 18.4. The second-order valence-electron chi connectivity index (χ2n) is 6.45. The van der Waals surface area contributed by atoms with Gasteiger partial charge < -0.3 is 9.80 Å². The van der Waals surface area contributed by atoms with E-state index in [4.69, 9.17) is 0 Å². The first kappa shape index (κ1) is 18.5. The van der Waals surface area contributed by atoms with Crippen LogP contribution >= 0.6 is 11.8 Å². The zero-order valence-electron chi connectivity index (χ0n) is 15.1. The van der Waals surface area contributed by atoms with E-state index >= 15 is 0 Å². The molecular weight excluding hydrogens is 344 g/mol. The minimum absolute atomic E-state index is 0.0487. The van der Waals surface area contributed by atoms with Crippen LogP contribution in [0.2, 0.25) is 0 Å². The number of amides is 2. The predicted molar refractivity (Wildman–Crippen MR) is 105 cm³/mol. The van der Waals surface area contributed by atoms with Crippen molar-refractivity contribution in [2.45, 2.75) is 18.2 Å². The van der Waals surface area contributed by atoms with Crippen molar-refractivity contribution in [3.63, 3.8) is 0 Å². The van der Waals surface area contributed by atoms with Gasteiger partial charge >= 0.3 is 0 Å². The maximum absolute atomic E-state index is 12.4. The van der Waals surface area contributed by atoms with E-state index in [0.717, 1.165) is 5.75 Å². The average Bonchev–Trinajstić information content (AvgIpc) is 2.69. The molecule has 1 fully saturated rings. The standard InChI is InChI=1S/C21H24N2O2S/c1-17-7-9-19(10-8-17)26-16-11-20(24)22-12-14-23(15-13-22)21(25)18-5-3-2-4-6-18/h2-10H,11-16H2,1H3. The van der Waals surface area contributed by atoms with Crippen molar-refractivity contribution in [1.82, 2.24) is 9.80 Å². The van der Waals surface area contributed by atoms with Gasteiger partial charge in [-0.1, -0.05) is 35.9 Å². The Kier molecular flexibility index (Phi) is 6.34. The number of hydrogen-bond donors (Lipinski definition) is 0. The van der Waals surface area contributed by atoms with Gasteiger partial charge in [-0.25, -0.2) is 0 Å². The summed E-state index contributed by atoms with van der Waals surface area (Å²) in [6.45, 7) is 4.51. The summed E-state index contributed by atoms with van der Waals surface area (Å²) >= 11 is 1.71. The number of piperazine rings is 1. The summed E-state index contributed by atoms with van der Waals surface area (Å²) in [6.07, 6.45) is 0.533. The predicted octanol–water partition coefficient (Wildman–Crippen LogP) is 3.46. The molecule has 26 heavy (non-hydrogen) atoms. The fourth-order valence-corrected chi connectivity index (χ4v) is 3.81. The summed E-state index contributed by atoms with van der Waals surface area (Å²) in [5.41, 5.74) is 1.95. The summed E-state index contributed by atoms with van der Waals surface area (Å²) in [7, 11) is 0. The number of hydrogen-bond acceptors (Lipinski definition) is 3. The van der Waals surface area contributed by atoms with E-state index in [9.17, 15) is 9.59 Å². The van der Waals surface area contributed by atoms with Gasteiger partial charge in [0.25, 0.3) is 5.91 Å². The average molecular weight is 369 g/mol. The number of nitrogens with zero attached hydrogens (tertiary/aromatic N) is 2. The summed E-state index contributed by atoms with van der Waals surface area (Å²) in [6, 6.07) is 17.7.